The molecule has 2 N–H and O–H groups in total. The monoisotopic (exact) mass is 272 g/mol. The van der Waals surface area contributed by atoms with Crippen molar-refractivity contribution < 1.29 is 14.4 Å². The van der Waals surface area contributed by atoms with E-state index >= 15 is 0 Å². The molecular weight excluding hydrogens is 252 g/mol. The number of carbonyl (C=O) groups excluding carboxylic acids is 1. The van der Waals surface area contributed by atoms with E-state index in [2.05, 4.69) is 10.5 Å². The summed E-state index contributed by atoms with van der Waals surface area (Å²) >= 11 is 1.68. The van der Waals surface area contributed by atoms with Crippen molar-refractivity contribution in [3.05, 3.63) is 17.5 Å². The number of amides is 1. The molecule has 0 radical (unpaired) electrons. The molecule has 1 aromatic heterocycles. The Morgan fingerprint density at radius 1 is 1.61 bits per heavy atom. The van der Waals surface area contributed by atoms with Crippen molar-refractivity contribution in [2.75, 3.05) is 18.6 Å². The molecular formula is C12H20N2O3S. The first kappa shape index (κ1) is 15.0. The molecule has 18 heavy (non-hydrogen) atoms. The molecule has 1 aromatic rings. The van der Waals surface area contributed by atoms with Gasteiger partial charge in [-0.2, -0.15) is 11.8 Å². The number of thioether (sulfide) groups is 1. The van der Waals surface area contributed by atoms with Gasteiger partial charge in [0.15, 0.2) is 5.69 Å². The van der Waals surface area contributed by atoms with Gasteiger partial charge < -0.3 is 14.9 Å². The topological polar surface area (TPSA) is 75.4 Å². The number of rotatable bonds is 7. The number of carbonyl (C=O) groups is 1. The molecule has 0 saturated heterocycles. The number of hydrogen-bond donors (Lipinski definition) is 2. The Morgan fingerprint density at radius 2 is 2.33 bits per heavy atom. The molecule has 0 unspecified atom stereocenters. The highest BCUT2D eigenvalue weighted by Gasteiger charge is 2.17. The van der Waals surface area contributed by atoms with Crippen LogP contribution in [0.5, 0.6) is 0 Å². The van der Waals surface area contributed by atoms with Gasteiger partial charge in [-0.15, -0.1) is 0 Å². The fourth-order valence-corrected chi connectivity index (χ4v) is 1.92. The molecule has 1 rings (SSSR count). The first-order valence-electron chi connectivity index (χ1n) is 5.95. The molecule has 1 heterocycles. The van der Waals surface area contributed by atoms with Gasteiger partial charge in [-0.3, -0.25) is 4.79 Å². The van der Waals surface area contributed by atoms with Crippen LogP contribution in [-0.4, -0.2) is 40.8 Å². The minimum Gasteiger partial charge on any atom is -0.394 e. The number of aliphatic hydroxyl groups excluding tert-OH is 1. The lowest BCUT2D eigenvalue weighted by molar-refractivity contribution is 0.0906. The first-order chi connectivity index (χ1) is 8.58. The van der Waals surface area contributed by atoms with Crippen LogP contribution in [0.25, 0.3) is 0 Å². The van der Waals surface area contributed by atoms with Crippen LogP contribution in [-0.2, 0) is 0 Å². The third-order valence-corrected chi connectivity index (χ3v) is 3.20. The summed E-state index contributed by atoms with van der Waals surface area (Å²) in [6, 6.07) is 1.41. The van der Waals surface area contributed by atoms with Gasteiger partial charge in [0, 0.05) is 12.0 Å². The summed E-state index contributed by atoms with van der Waals surface area (Å²) < 4.78 is 5.07. The van der Waals surface area contributed by atoms with Crippen molar-refractivity contribution in [2.45, 2.75) is 32.2 Å². The van der Waals surface area contributed by atoms with Gasteiger partial charge in [0.05, 0.1) is 12.6 Å². The van der Waals surface area contributed by atoms with E-state index in [0.29, 0.717) is 5.76 Å². The Kier molecular flexibility index (Phi) is 6.21. The minimum atomic E-state index is -0.300. The van der Waals surface area contributed by atoms with Crippen molar-refractivity contribution in [3.8, 4) is 0 Å². The van der Waals surface area contributed by atoms with Crippen LogP contribution in [0, 0.1) is 0 Å². The maximum Gasteiger partial charge on any atom is 0.273 e. The zero-order valence-corrected chi connectivity index (χ0v) is 11.8. The lowest BCUT2D eigenvalue weighted by atomic mass is 10.1. The maximum atomic E-state index is 11.9. The third kappa shape index (κ3) is 4.34. The van der Waals surface area contributed by atoms with Gasteiger partial charge >= 0.3 is 0 Å². The molecule has 6 heteroatoms. The lowest BCUT2D eigenvalue weighted by Gasteiger charge is -2.14. The predicted octanol–water partition coefficient (Wildman–Crippen LogP) is 1.64. The van der Waals surface area contributed by atoms with E-state index in [-0.39, 0.29) is 30.2 Å². The molecule has 0 aromatic carbocycles. The summed E-state index contributed by atoms with van der Waals surface area (Å²) in [6.45, 7) is 3.87. The van der Waals surface area contributed by atoms with Gasteiger partial charge in [-0.25, -0.2) is 0 Å². The number of nitrogens with zero attached hydrogens (tertiary/aromatic N) is 1. The molecule has 1 amide bonds. The van der Waals surface area contributed by atoms with Gasteiger partial charge in [-0.05, 0) is 18.4 Å². The highest BCUT2D eigenvalue weighted by molar-refractivity contribution is 7.98. The van der Waals surface area contributed by atoms with Gasteiger partial charge in [-0.1, -0.05) is 19.0 Å². The fourth-order valence-electron chi connectivity index (χ4n) is 1.40. The van der Waals surface area contributed by atoms with Crippen molar-refractivity contribution in [1.29, 1.82) is 0 Å². The molecule has 0 saturated carbocycles. The van der Waals surface area contributed by atoms with Crippen LogP contribution in [0.3, 0.4) is 0 Å². The third-order valence-electron chi connectivity index (χ3n) is 2.56. The zero-order valence-electron chi connectivity index (χ0n) is 11.0. The summed E-state index contributed by atoms with van der Waals surface area (Å²) in [5.41, 5.74) is 0.265. The Bertz CT molecular complexity index is 379. The second-order valence-corrected chi connectivity index (χ2v) is 5.39. The number of hydrogen-bond acceptors (Lipinski definition) is 5. The standard InChI is InChI=1S/C12H20N2O3S/c1-8(2)11-6-10(14-17-11)12(16)13-9(7-15)4-5-18-3/h6,8-9,15H,4-5,7H2,1-3H3,(H,13,16)/t9-/m0/s1. The Hall–Kier alpha value is -1.01. The molecule has 0 spiro atoms. The number of nitrogens with one attached hydrogen (secondary N) is 1. The summed E-state index contributed by atoms with van der Waals surface area (Å²) in [5, 5.41) is 15.7. The molecule has 1 atom stereocenters. The van der Waals surface area contributed by atoms with Gasteiger partial charge in [0.1, 0.15) is 5.76 Å². The van der Waals surface area contributed by atoms with Crippen LogP contribution in [0.4, 0.5) is 0 Å². The predicted molar refractivity (Wildman–Crippen MR) is 71.9 cm³/mol. The van der Waals surface area contributed by atoms with E-state index < -0.39 is 0 Å². The number of aromatic nitrogens is 1. The van der Waals surface area contributed by atoms with Gasteiger partial charge in [0.2, 0.25) is 0 Å². The molecule has 0 fully saturated rings. The van der Waals surface area contributed by atoms with E-state index in [0.717, 1.165) is 12.2 Å². The van der Waals surface area contributed by atoms with Crippen molar-refractivity contribution in [1.82, 2.24) is 10.5 Å². The second kappa shape index (κ2) is 7.43. The summed E-state index contributed by atoms with van der Waals surface area (Å²) in [6.07, 6.45) is 2.72. The lowest BCUT2D eigenvalue weighted by Crippen LogP contribution is -2.38. The van der Waals surface area contributed by atoms with Crippen molar-refractivity contribution >= 4 is 17.7 Å². The average Bonchev–Trinajstić information content (AvgIpc) is 2.83. The quantitative estimate of drug-likeness (QED) is 0.789. The molecule has 0 aliphatic heterocycles. The molecule has 0 aliphatic carbocycles. The smallest absolute Gasteiger partial charge is 0.273 e. The van der Waals surface area contributed by atoms with Crippen molar-refractivity contribution in [3.63, 3.8) is 0 Å². The van der Waals surface area contributed by atoms with E-state index in [1.165, 1.54) is 0 Å². The largest absolute Gasteiger partial charge is 0.394 e. The second-order valence-electron chi connectivity index (χ2n) is 4.40. The van der Waals surface area contributed by atoms with E-state index in [9.17, 15) is 9.90 Å². The minimum absolute atomic E-state index is 0.0683. The highest BCUT2D eigenvalue weighted by atomic mass is 32.2. The summed E-state index contributed by atoms with van der Waals surface area (Å²) in [4.78, 5) is 11.9. The first-order valence-corrected chi connectivity index (χ1v) is 7.35. The van der Waals surface area contributed by atoms with Crippen LogP contribution in [0.2, 0.25) is 0 Å². The van der Waals surface area contributed by atoms with E-state index in [1.807, 2.05) is 20.1 Å². The Morgan fingerprint density at radius 3 is 2.83 bits per heavy atom. The summed E-state index contributed by atoms with van der Waals surface area (Å²) in [5.74, 6) is 1.47. The summed E-state index contributed by atoms with van der Waals surface area (Å²) in [7, 11) is 0. The van der Waals surface area contributed by atoms with Crippen LogP contribution < -0.4 is 5.32 Å². The van der Waals surface area contributed by atoms with Crippen LogP contribution >= 0.6 is 11.8 Å². The normalized spacial score (nSPS) is 12.7. The molecule has 102 valence electrons. The maximum absolute atomic E-state index is 11.9. The molecule has 0 aliphatic rings. The fraction of sp³-hybridized carbons (Fsp3) is 0.667. The van der Waals surface area contributed by atoms with Gasteiger partial charge in [0.25, 0.3) is 5.91 Å². The molecule has 0 bridgehead atoms. The van der Waals surface area contributed by atoms with E-state index in [1.54, 1.807) is 17.8 Å². The highest BCUT2D eigenvalue weighted by Crippen LogP contribution is 2.15. The molecule has 5 nitrogen and oxygen atoms in total. The van der Waals surface area contributed by atoms with Crippen LogP contribution in [0.15, 0.2) is 10.6 Å². The van der Waals surface area contributed by atoms with E-state index in [4.69, 9.17) is 4.52 Å². The SMILES string of the molecule is CSCC[C@@H](CO)NC(=O)c1cc(C(C)C)on1. The Labute approximate surface area is 111 Å². The average molecular weight is 272 g/mol. The zero-order chi connectivity index (χ0) is 13.5. The van der Waals surface area contributed by atoms with Crippen LogP contribution in [0.1, 0.15) is 42.4 Å². The Balaban J connectivity index is 2.57. The van der Waals surface area contributed by atoms with Crippen molar-refractivity contribution in [2.24, 2.45) is 0 Å². The number of aliphatic hydroxyl groups is 1.